The number of rotatable bonds is 3. The molecule has 0 amide bonds. The van der Waals surface area contributed by atoms with E-state index in [1.54, 1.807) is 12.7 Å². The summed E-state index contributed by atoms with van der Waals surface area (Å²) in [5, 5.41) is 0. The van der Waals surface area contributed by atoms with Gasteiger partial charge in [-0.25, -0.2) is 15.0 Å². The van der Waals surface area contributed by atoms with Crippen LogP contribution >= 0.6 is 0 Å². The average molecular weight is 378 g/mol. The van der Waals surface area contributed by atoms with Crippen LogP contribution in [0.4, 0.5) is 5.82 Å². The minimum absolute atomic E-state index is 0.531. The normalized spacial score (nSPS) is 14.5. The minimum atomic E-state index is 0.531. The summed E-state index contributed by atoms with van der Waals surface area (Å²) in [6.45, 7) is 12.4. The first kappa shape index (κ1) is 20.1. The molecule has 0 atom stereocenters. The molecule has 0 unspecified atom stereocenters. The number of anilines is 1. The maximum absolute atomic E-state index is 4.65. The molecule has 28 heavy (non-hydrogen) atoms. The van der Waals surface area contributed by atoms with Crippen LogP contribution in [0.25, 0.3) is 11.1 Å². The van der Waals surface area contributed by atoms with Gasteiger partial charge in [-0.15, -0.1) is 0 Å². The standard InChI is InChI=1S/C21H25N5.C2H6/c1-14-5-4-6-18(15(14)2)19-11-22-12-25-21(19)26-9-7-17(8-10-26)20-16(3)23-13-24-20;1-2/h4-6,11-13,17H,7-10H2,1-3H3,(H,23,24);1-2H3. The van der Waals surface area contributed by atoms with E-state index in [1.807, 2.05) is 20.0 Å². The number of aromatic nitrogens is 4. The second kappa shape index (κ2) is 9.00. The van der Waals surface area contributed by atoms with E-state index in [-0.39, 0.29) is 0 Å². The van der Waals surface area contributed by atoms with Gasteiger partial charge in [0.15, 0.2) is 0 Å². The van der Waals surface area contributed by atoms with Crippen molar-refractivity contribution in [1.82, 2.24) is 19.9 Å². The summed E-state index contributed by atoms with van der Waals surface area (Å²) in [5.41, 5.74) is 7.37. The number of piperidine rings is 1. The van der Waals surface area contributed by atoms with Crippen molar-refractivity contribution in [3.8, 4) is 11.1 Å². The van der Waals surface area contributed by atoms with Crippen LogP contribution < -0.4 is 4.90 Å². The lowest BCUT2D eigenvalue weighted by Crippen LogP contribution is -2.34. The number of imidazole rings is 1. The van der Waals surface area contributed by atoms with E-state index in [4.69, 9.17) is 0 Å². The second-order valence-corrected chi connectivity index (χ2v) is 7.18. The number of benzene rings is 1. The van der Waals surface area contributed by atoms with Gasteiger partial charge in [0.2, 0.25) is 0 Å². The van der Waals surface area contributed by atoms with Crippen LogP contribution in [0.1, 0.15) is 55.1 Å². The van der Waals surface area contributed by atoms with Crippen LogP contribution in [0.5, 0.6) is 0 Å². The lowest BCUT2D eigenvalue weighted by atomic mass is 9.92. The molecule has 5 heteroatoms. The molecule has 1 N–H and O–H groups in total. The molecule has 0 spiro atoms. The summed E-state index contributed by atoms with van der Waals surface area (Å²) in [7, 11) is 0. The fraction of sp³-hybridized carbons (Fsp3) is 0.435. The van der Waals surface area contributed by atoms with E-state index >= 15 is 0 Å². The Hall–Kier alpha value is -2.69. The predicted molar refractivity (Wildman–Crippen MR) is 116 cm³/mol. The summed E-state index contributed by atoms with van der Waals surface area (Å²) >= 11 is 0. The van der Waals surface area contributed by atoms with Crippen LogP contribution in [0.3, 0.4) is 0 Å². The molecule has 148 valence electrons. The summed E-state index contributed by atoms with van der Waals surface area (Å²) in [6, 6.07) is 6.44. The molecule has 2 aromatic heterocycles. The molecule has 1 saturated heterocycles. The van der Waals surface area contributed by atoms with E-state index < -0.39 is 0 Å². The van der Waals surface area contributed by atoms with Crippen molar-refractivity contribution in [1.29, 1.82) is 0 Å². The quantitative estimate of drug-likeness (QED) is 0.681. The van der Waals surface area contributed by atoms with Crippen LogP contribution in [0.15, 0.2) is 37.1 Å². The van der Waals surface area contributed by atoms with Gasteiger partial charge < -0.3 is 9.88 Å². The van der Waals surface area contributed by atoms with Gasteiger partial charge in [0.1, 0.15) is 12.1 Å². The molecule has 1 aliphatic heterocycles. The average Bonchev–Trinajstić information content (AvgIpc) is 3.18. The maximum atomic E-state index is 4.65. The Balaban J connectivity index is 0.00000109. The third-order valence-electron chi connectivity index (χ3n) is 5.64. The number of aromatic amines is 1. The molecular formula is C23H31N5. The highest BCUT2D eigenvalue weighted by atomic mass is 15.2. The fourth-order valence-electron chi connectivity index (χ4n) is 3.95. The predicted octanol–water partition coefficient (Wildman–Crippen LogP) is 5.20. The van der Waals surface area contributed by atoms with Gasteiger partial charge in [0.25, 0.3) is 0 Å². The molecule has 0 saturated carbocycles. The van der Waals surface area contributed by atoms with Gasteiger partial charge in [-0.05, 0) is 50.3 Å². The van der Waals surface area contributed by atoms with Gasteiger partial charge >= 0.3 is 0 Å². The van der Waals surface area contributed by atoms with Crippen LogP contribution in [-0.2, 0) is 0 Å². The summed E-state index contributed by atoms with van der Waals surface area (Å²) in [4.78, 5) is 19.1. The van der Waals surface area contributed by atoms with Gasteiger partial charge in [0, 0.05) is 36.5 Å². The minimum Gasteiger partial charge on any atom is -0.356 e. The number of nitrogens with one attached hydrogen (secondary N) is 1. The molecule has 1 aliphatic rings. The van der Waals surface area contributed by atoms with E-state index in [1.165, 1.54) is 28.1 Å². The first-order valence-electron chi connectivity index (χ1n) is 10.3. The molecular weight excluding hydrogens is 346 g/mol. The SMILES string of the molecule is CC.Cc1cccc(-c2cncnc2N2CCC(c3nc[nH]c3C)CC2)c1C. The van der Waals surface area contributed by atoms with E-state index in [2.05, 4.69) is 63.8 Å². The third kappa shape index (κ3) is 3.93. The number of nitrogens with zero attached hydrogens (tertiary/aromatic N) is 4. The van der Waals surface area contributed by atoms with Crippen molar-refractivity contribution in [3.63, 3.8) is 0 Å². The first-order chi connectivity index (χ1) is 13.6. The molecule has 3 heterocycles. The van der Waals surface area contributed by atoms with E-state index in [0.29, 0.717) is 5.92 Å². The molecule has 0 aliphatic carbocycles. The van der Waals surface area contributed by atoms with Crippen LogP contribution in [-0.4, -0.2) is 33.0 Å². The third-order valence-corrected chi connectivity index (χ3v) is 5.64. The number of hydrogen-bond donors (Lipinski definition) is 1. The number of aryl methyl sites for hydroxylation is 2. The lowest BCUT2D eigenvalue weighted by molar-refractivity contribution is 0.493. The molecule has 0 radical (unpaired) electrons. The molecule has 3 aromatic rings. The fourth-order valence-corrected chi connectivity index (χ4v) is 3.95. The largest absolute Gasteiger partial charge is 0.356 e. The Kier molecular flexibility index (Phi) is 6.45. The Labute approximate surface area is 168 Å². The highest BCUT2D eigenvalue weighted by molar-refractivity contribution is 5.78. The zero-order valence-electron chi connectivity index (χ0n) is 17.7. The zero-order valence-corrected chi connectivity index (χ0v) is 17.7. The van der Waals surface area contributed by atoms with Gasteiger partial charge in [-0.3, -0.25) is 0 Å². The smallest absolute Gasteiger partial charge is 0.139 e. The van der Waals surface area contributed by atoms with Crippen molar-refractivity contribution in [2.45, 2.75) is 53.4 Å². The number of hydrogen-bond acceptors (Lipinski definition) is 4. The van der Waals surface area contributed by atoms with Crippen molar-refractivity contribution >= 4 is 5.82 Å². The molecule has 1 fully saturated rings. The molecule has 5 nitrogen and oxygen atoms in total. The van der Waals surface area contributed by atoms with Crippen LogP contribution in [0, 0.1) is 20.8 Å². The van der Waals surface area contributed by atoms with Gasteiger partial charge in [-0.2, -0.15) is 0 Å². The second-order valence-electron chi connectivity index (χ2n) is 7.18. The van der Waals surface area contributed by atoms with Gasteiger partial charge in [0.05, 0.1) is 12.0 Å². The Morgan fingerprint density at radius 2 is 1.75 bits per heavy atom. The maximum Gasteiger partial charge on any atom is 0.139 e. The highest BCUT2D eigenvalue weighted by Crippen LogP contribution is 2.35. The molecule has 1 aromatic carbocycles. The van der Waals surface area contributed by atoms with Crippen molar-refractivity contribution in [2.24, 2.45) is 0 Å². The van der Waals surface area contributed by atoms with Crippen molar-refractivity contribution in [3.05, 3.63) is 59.6 Å². The summed E-state index contributed by atoms with van der Waals surface area (Å²) in [6.07, 6.45) is 7.62. The monoisotopic (exact) mass is 377 g/mol. The van der Waals surface area contributed by atoms with Crippen LogP contribution in [0.2, 0.25) is 0 Å². The Morgan fingerprint density at radius 3 is 2.43 bits per heavy atom. The molecule has 0 bridgehead atoms. The Morgan fingerprint density at radius 1 is 1.00 bits per heavy atom. The zero-order chi connectivity index (χ0) is 20.1. The Bertz CT molecular complexity index is 907. The lowest BCUT2D eigenvalue weighted by Gasteiger charge is -2.33. The number of H-pyrrole nitrogens is 1. The first-order valence-corrected chi connectivity index (χ1v) is 10.3. The van der Waals surface area contributed by atoms with Crippen molar-refractivity contribution in [2.75, 3.05) is 18.0 Å². The van der Waals surface area contributed by atoms with Gasteiger partial charge in [-0.1, -0.05) is 32.0 Å². The van der Waals surface area contributed by atoms with E-state index in [0.717, 1.165) is 37.3 Å². The molecule has 4 rings (SSSR count). The topological polar surface area (TPSA) is 57.7 Å². The summed E-state index contributed by atoms with van der Waals surface area (Å²) in [5.74, 6) is 1.58. The van der Waals surface area contributed by atoms with E-state index in [9.17, 15) is 0 Å². The summed E-state index contributed by atoms with van der Waals surface area (Å²) < 4.78 is 0. The highest BCUT2D eigenvalue weighted by Gasteiger charge is 2.25. The van der Waals surface area contributed by atoms with Crippen molar-refractivity contribution < 1.29 is 0 Å².